The maximum atomic E-state index is 12.4. The summed E-state index contributed by atoms with van der Waals surface area (Å²) in [7, 11) is 0. The van der Waals surface area contributed by atoms with Gasteiger partial charge in [-0.1, -0.05) is 12.8 Å². The summed E-state index contributed by atoms with van der Waals surface area (Å²) >= 11 is 1.56. The lowest BCUT2D eigenvalue weighted by atomic mass is 9.96. The standard InChI is InChI=1S/C17H27N3OS/c1-14-18-16(13-22-14)17(21)20-10-6-15(7-11-20)12-19-8-4-2-3-5-9-19/h13,15H,2-12H2,1H3. The van der Waals surface area contributed by atoms with Crippen LogP contribution in [0.1, 0.15) is 54.0 Å². The van der Waals surface area contributed by atoms with E-state index in [2.05, 4.69) is 9.88 Å². The Labute approximate surface area is 137 Å². The molecule has 0 bridgehead atoms. The zero-order valence-corrected chi connectivity index (χ0v) is 14.4. The molecule has 2 saturated heterocycles. The van der Waals surface area contributed by atoms with E-state index < -0.39 is 0 Å². The van der Waals surface area contributed by atoms with Gasteiger partial charge in [0, 0.05) is 25.0 Å². The maximum Gasteiger partial charge on any atom is 0.273 e. The van der Waals surface area contributed by atoms with E-state index in [1.54, 1.807) is 11.3 Å². The number of piperidine rings is 1. The van der Waals surface area contributed by atoms with Crippen molar-refractivity contribution < 1.29 is 4.79 Å². The fourth-order valence-corrected chi connectivity index (χ4v) is 4.21. The van der Waals surface area contributed by atoms with E-state index in [0.29, 0.717) is 5.69 Å². The highest BCUT2D eigenvalue weighted by molar-refractivity contribution is 7.09. The molecule has 22 heavy (non-hydrogen) atoms. The van der Waals surface area contributed by atoms with Crippen LogP contribution in [-0.4, -0.2) is 53.4 Å². The lowest BCUT2D eigenvalue weighted by molar-refractivity contribution is 0.0662. The van der Waals surface area contributed by atoms with Gasteiger partial charge in [-0.2, -0.15) is 0 Å². The quantitative estimate of drug-likeness (QED) is 0.858. The summed E-state index contributed by atoms with van der Waals surface area (Å²) in [5.74, 6) is 0.886. The minimum atomic E-state index is 0.123. The van der Waals surface area contributed by atoms with Crippen molar-refractivity contribution in [1.82, 2.24) is 14.8 Å². The smallest absolute Gasteiger partial charge is 0.273 e. The van der Waals surface area contributed by atoms with Gasteiger partial charge < -0.3 is 9.80 Å². The summed E-state index contributed by atoms with van der Waals surface area (Å²) in [5.41, 5.74) is 0.633. The van der Waals surface area contributed by atoms with Crippen molar-refractivity contribution >= 4 is 17.2 Å². The molecule has 0 saturated carbocycles. The molecule has 4 nitrogen and oxygen atoms in total. The molecule has 0 N–H and O–H groups in total. The van der Waals surface area contributed by atoms with Crippen molar-refractivity contribution in [2.75, 3.05) is 32.7 Å². The Morgan fingerprint density at radius 2 is 1.86 bits per heavy atom. The van der Waals surface area contributed by atoms with Crippen LogP contribution in [0.3, 0.4) is 0 Å². The third-order valence-corrected chi connectivity index (χ3v) is 5.73. The number of amides is 1. The molecule has 0 unspecified atom stereocenters. The van der Waals surface area contributed by atoms with E-state index in [0.717, 1.165) is 36.9 Å². The fraction of sp³-hybridized carbons (Fsp3) is 0.765. The van der Waals surface area contributed by atoms with Gasteiger partial charge in [-0.15, -0.1) is 11.3 Å². The molecule has 1 amide bonds. The van der Waals surface area contributed by atoms with Crippen LogP contribution in [0.15, 0.2) is 5.38 Å². The predicted octanol–water partition coefficient (Wildman–Crippen LogP) is 3.18. The predicted molar refractivity (Wildman–Crippen MR) is 90.4 cm³/mol. The van der Waals surface area contributed by atoms with Gasteiger partial charge in [-0.25, -0.2) is 4.98 Å². The molecule has 3 heterocycles. The van der Waals surface area contributed by atoms with Crippen LogP contribution in [0, 0.1) is 12.8 Å². The number of hydrogen-bond acceptors (Lipinski definition) is 4. The van der Waals surface area contributed by atoms with Crippen molar-refractivity contribution in [3.63, 3.8) is 0 Å². The first-order valence-corrected chi connectivity index (χ1v) is 9.54. The van der Waals surface area contributed by atoms with E-state index in [-0.39, 0.29) is 5.91 Å². The van der Waals surface area contributed by atoms with E-state index in [1.807, 2.05) is 17.2 Å². The van der Waals surface area contributed by atoms with E-state index in [1.165, 1.54) is 45.3 Å². The highest BCUT2D eigenvalue weighted by atomic mass is 32.1. The summed E-state index contributed by atoms with van der Waals surface area (Å²) in [4.78, 5) is 21.4. The Bertz CT molecular complexity index is 486. The number of carbonyl (C=O) groups is 1. The van der Waals surface area contributed by atoms with Gasteiger partial charge >= 0.3 is 0 Å². The minimum Gasteiger partial charge on any atom is -0.337 e. The molecule has 0 spiro atoms. The van der Waals surface area contributed by atoms with Gasteiger partial charge in [0.15, 0.2) is 0 Å². The number of nitrogens with zero attached hydrogens (tertiary/aromatic N) is 3. The molecule has 0 radical (unpaired) electrons. The van der Waals surface area contributed by atoms with E-state index >= 15 is 0 Å². The summed E-state index contributed by atoms with van der Waals surface area (Å²) in [6, 6.07) is 0. The molecule has 3 rings (SSSR count). The van der Waals surface area contributed by atoms with Gasteiger partial charge in [0.05, 0.1) is 5.01 Å². The minimum absolute atomic E-state index is 0.123. The normalized spacial score (nSPS) is 21.8. The molecular formula is C17H27N3OS. The molecule has 0 aromatic carbocycles. The van der Waals surface area contributed by atoms with Gasteiger partial charge in [0.2, 0.25) is 0 Å². The largest absolute Gasteiger partial charge is 0.337 e. The topological polar surface area (TPSA) is 36.4 Å². The Hall–Kier alpha value is -0.940. The summed E-state index contributed by atoms with van der Waals surface area (Å²) < 4.78 is 0. The average Bonchev–Trinajstić information content (AvgIpc) is 2.80. The highest BCUT2D eigenvalue weighted by Crippen LogP contribution is 2.22. The van der Waals surface area contributed by atoms with Gasteiger partial charge in [0.25, 0.3) is 5.91 Å². The molecular weight excluding hydrogens is 294 g/mol. The first-order valence-electron chi connectivity index (χ1n) is 8.66. The second-order valence-electron chi connectivity index (χ2n) is 6.70. The Balaban J connectivity index is 1.46. The Morgan fingerprint density at radius 3 is 2.45 bits per heavy atom. The molecule has 2 aliphatic heterocycles. The third-order valence-electron chi connectivity index (χ3n) is 4.95. The summed E-state index contributed by atoms with van der Waals surface area (Å²) in [6.07, 6.45) is 7.81. The number of likely N-dealkylation sites (tertiary alicyclic amines) is 2. The maximum absolute atomic E-state index is 12.4. The molecule has 1 aromatic rings. The highest BCUT2D eigenvalue weighted by Gasteiger charge is 2.26. The molecule has 1 aromatic heterocycles. The third kappa shape index (κ3) is 4.07. The van der Waals surface area contributed by atoms with Crippen LogP contribution in [0.4, 0.5) is 0 Å². The number of thiazole rings is 1. The van der Waals surface area contributed by atoms with Crippen LogP contribution in [0.2, 0.25) is 0 Å². The lowest BCUT2D eigenvalue weighted by Crippen LogP contribution is -2.42. The number of hydrogen-bond donors (Lipinski definition) is 0. The van der Waals surface area contributed by atoms with Crippen molar-refractivity contribution in [2.24, 2.45) is 5.92 Å². The summed E-state index contributed by atoms with van der Waals surface area (Å²) in [6.45, 7) is 7.53. The monoisotopic (exact) mass is 321 g/mol. The van der Waals surface area contributed by atoms with Crippen LogP contribution in [-0.2, 0) is 0 Å². The molecule has 0 atom stereocenters. The SMILES string of the molecule is Cc1nc(C(=O)N2CCC(CN3CCCCCC3)CC2)cs1. The Morgan fingerprint density at radius 1 is 1.18 bits per heavy atom. The van der Waals surface area contributed by atoms with Crippen molar-refractivity contribution in [3.05, 3.63) is 16.1 Å². The second-order valence-corrected chi connectivity index (χ2v) is 7.76. The average molecular weight is 321 g/mol. The van der Waals surface area contributed by atoms with Crippen molar-refractivity contribution in [1.29, 1.82) is 0 Å². The molecule has 122 valence electrons. The summed E-state index contributed by atoms with van der Waals surface area (Å²) in [5, 5.41) is 2.86. The van der Waals surface area contributed by atoms with Crippen molar-refractivity contribution in [2.45, 2.75) is 45.4 Å². The molecule has 2 fully saturated rings. The number of carbonyl (C=O) groups excluding carboxylic acids is 1. The zero-order valence-electron chi connectivity index (χ0n) is 13.6. The molecule has 2 aliphatic rings. The van der Waals surface area contributed by atoms with Crippen molar-refractivity contribution in [3.8, 4) is 0 Å². The van der Waals surface area contributed by atoms with E-state index in [9.17, 15) is 4.79 Å². The lowest BCUT2D eigenvalue weighted by Gasteiger charge is -2.34. The molecule has 5 heteroatoms. The number of aromatic nitrogens is 1. The first-order chi connectivity index (χ1) is 10.7. The van der Waals surface area contributed by atoms with Gasteiger partial charge in [-0.3, -0.25) is 4.79 Å². The van der Waals surface area contributed by atoms with Gasteiger partial charge in [0.1, 0.15) is 5.69 Å². The van der Waals surface area contributed by atoms with Crippen LogP contribution in [0.5, 0.6) is 0 Å². The van der Waals surface area contributed by atoms with Crippen LogP contribution >= 0.6 is 11.3 Å². The first kappa shape index (κ1) is 15.9. The number of aryl methyl sites for hydroxylation is 1. The van der Waals surface area contributed by atoms with Crippen LogP contribution < -0.4 is 0 Å². The van der Waals surface area contributed by atoms with Crippen LogP contribution in [0.25, 0.3) is 0 Å². The van der Waals surface area contributed by atoms with Gasteiger partial charge in [-0.05, 0) is 51.6 Å². The zero-order chi connectivity index (χ0) is 15.4. The molecule has 0 aliphatic carbocycles. The Kier molecular flexibility index (Phi) is 5.47. The second kappa shape index (κ2) is 7.55. The number of rotatable bonds is 3. The van der Waals surface area contributed by atoms with E-state index in [4.69, 9.17) is 0 Å². The fourth-order valence-electron chi connectivity index (χ4n) is 3.63.